The van der Waals surface area contributed by atoms with Crippen molar-refractivity contribution in [3.63, 3.8) is 0 Å². The summed E-state index contributed by atoms with van der Waals surface area (Å²) in [6.45, 7) is 1.92. The van der Waals surface area contributed by atoms with Crippen molar-refractivity contribution >= 4 is 15.6 Å². The Morgan fingerprint density at radius 1 is 1.42 bits per heavy atom. The van der Waals surface area contributed by atoms with Gasteiger partial charge in [-0.15, -0.1) is 0 Å². The molecule has 2 unspecified atom stereocenters. The lowest BCUT2D eigenvalue weighted by Crippen LogP contribution is -2.60. The van der Waals surface area contributed by atoms with Crippen LogP contribution in [0.5, 0.6) is 5.75 Å². The van der Waals surface area contributed by atoms with Crippen LogP contribution in [0.1, 0.15) is 18.9 Å². The lowest BCUT2D eigenvalue weighted by molar-refractivity contribution is 0.0364. The van der Waals surface area contributed by atoms with Crippen LogP contribution in [0.15, 0.2) is 30.3 Å². The van der Waals surface area contributed by atoms with Crippen molar-refractivity contribution in [2.75, 3.05) is 6.26 Å². The van der Waals surface area contributed by atoms with Gasteiger partial charge in [0.05, 0.1) is 12.4 Å². The summed E-state index contributed by atoms with van der Waals surface area (Å²) < 4.78 is 31.2. The predicted octanol–water partition coefficient (Wildman–Crippen LogP) is 1.05. The van der Waals surface area contributed by atoms with E-state index in [-0.39, 0.29) is 0 Å². The summed E-state index contributed by atoms with van der Waals surface area (Å²) in [5.74, 6) is 0.827. The Bertz CT molecular complexity index is 654. The molecule has 6 heteroatoms. The van der Waals surface area contributed by atoms with Gasteiger partial charge >= 0.3 is 0 Å². The largest absolute Gasteiger partial charge is 0.472 e. The number of fused-ring (bicyclic) bond motifs is 4. The summed E-state index contributed by atoms with van der Waals surface area (Å²) in [5.41, 5.74) is 1.55. The number of rotatable bonds is 2. The van der Waals surface area contributed by atoms with Crippen LogP contribution in [0.2, 0.25) is 0 Å². The Labute approximate surface area is 112 Å². The van der Waals surface area contributed by atoms with Crippen molar-refractivity contribution < 1.29 is 13.2 Å². The molecule has 1 aromatic carbocycles. The van der Waals surface area contributed by atoms with Crippen molar-refractivity contribution in [1.82, 2.24) is 10.0 Å². The molecule has 2 bridgehead atoms. The fourth-order valence-corrected chi connectivity index (χ4v) is 3.24. The molecule has 0 spiro atoms. The van der Waals surface area contributed by atoms with E-state index in [2.05, 4.69) is 10.0 Å². The molecule has 2 N–H and O–H groups in total. The van der Waals surface area contributed by atoms with Gasteiger partial charge in [0.15, 0.2) is 5.72 Å². The standard InChI is InChI=1S/C13H16N2O3S/c1-13-8-9(7-12(14-13)15-19(2,16)17)10-5-3-4-6-11(10)18-13/h3-7,12,14-15H,8H2,1-2H3. The highest BCUT2D eigenvalue weighted by atomic mass is 32.2. The van der Waals surface area contributed by atoms with E-state index in [0.717, 1.165) is 23.1 Å². The van der Waals surface area contributed by atoms with E-state index < -0.39 is 21.9 Å². The van der Waals surface area contributed by atoms with Gasteiger partial charge in [0.1, 0.15) is 5.75 Å². The number of benzene rings is 1. The van der Waals surface area contributed by atoms with Gasteiger partial charge in [0.2, 0.25) is 10.0 Å². The highest BCUT2D eigenvalue weighted by Crippen LogP contribution is 2.41. The Morgan fingerprint density at radius 3 is 2.89 bits per heavy atom. The molecule has 0 aliphatic carbocycles. The molecular formula is C13H16N2O3S. The molecule has 2 heterocycles. The maximum absolute atomic E-state index is 11.3. The maximum atomic E-state index is 11.3. The van der Waals surface area contributed by atoms with Crippen LogP contribution in [0.3, 0.4) is 0 Å². The summed E-state index contributed by atoms with van der Waals surface area (Å²) in [6, 6.07) is 7.79. The summed E-state index contributed by atoms with van der Waals surface area (Å²) in [6.07, 6.45) is 3.32. The number of nitrogens with one attached hydrogen (secondary N) is 2. The van der Waals surface area contributed by atoms with E-state index in [1.165, 1.54) is 0 Å². The van der Waals surface area contributed by atoms with Crippen molar-refractivity contribution in [1.29, 1.82) is 0 Å². The van der Waals surface area contributed by atoms with Crippen LogP contribution in [-0.4, -0.2) is 26.6 Å². The van der Waals surface area contributed by atoms with E-state index in [0.29, 0.717) is 6.42 Å². The molecule has 2 atom stereocenters. The topological polar surface area (TPSA) is 67.4 Å². The van der Waals surface area contributed by atoms with Gasteiger partial charge in [0, 0.05) is 12.0 Å². The van der Waals surface area contributed by atoms with Gasteiger partial charge in [-0.2, -0.15) is 4.72 Å². The molecule has 0 saturated carbocycles. The number of para-hydroxylation sites is 1. The molecule has 5 nitrogen and oxygen atoms in total. The minimum absolute atomic E-state index is 0.447. The summed E-state index contributed by atoms with van der Waals surface area (Å²) in [7, 11) is -3.27. The smallest absolute Gasteiger partial charge is 0.210 e. The van der Waals surface area contributed by atoms with Gasteiger partial charge in [0.25, 0.3) is 0 Å². The van der Waals surface area contributed by atoms with Crippen LogP contribution in [0.25, 0.3) is 5.57 Å². The third-order valence-electron chi connectivity index (χ3n) is 3.27. The predicted molar refractivity (Wildman–Crippen MR) is 73.0 cm³/mol. The highest BCUT2D eigenvalue weighted by Gasteiger charge is 2.39. The minimum Gasteiger partial charge on any atom is -0.472 e. The van der Waals surface area contributed by atoms with Crippen molar-refractivity contribution in [2.45, 2.75) is 25.2 Å². The zero-order valence-electron chi connectivity index (χ0n) is 10.8. The molecule has 0 fully saturated rings. The lowest BCUT2D eigenvalue weighted by Gasteiger charge is -2.43. The van der Waals surface area contributed by atoms with E-state index >= 15 is 0 Å². The van der Waals surface area contributed by atoms with Crippen LogP contribution in [0.4, 0.5) is 0 Å². The average Bonchev–Trinajstić information content (AvgIpc) is 2.24. The second kappa shape index (κ2) is 4.06. The third kappa shape index (κ3) is 2.51. The van der Waals surface area contributed by atoms with E-state index in [1.807, 2.05) is 37.3 Å². The molecule has 3 rings (SSSR count). The molecule has 102 valence electrons. The first kappa shape index (κ1) is 12.7. The van der Waals surface area contributed by atoms with Gasteiger partial charge < -0.3 is 4.74 Å². The first-order chi connectivity index (χ1) is 8.85. The molecule has 1 aromatic rings. The van der Waals surface area contributed by atoms with Gasteiger partial charge in [-0.1, -0.05) is 18.2 Å². The molecule has 0 radical (unpaired) electrons. The molecule has 2 aliphatic rings. The van der Waals surface area contributed by atoms with E-state index in [4.69, 9.17) is 4.74 Å². The molecule has 0 saturated heterocycles. The Morgan fingerprint density at radius 2 is 2.16 bits per heavy atom. The van der Waals surface area contributed by atoms with Gasteiger partial charge in [-0.05, 0) is 24.6 Å². The van der Waals surface area contributed by atoms with Crippen LogP contribution in [-0.2, 0) is 10.0 Å². The number of sulfonamides is 1. The SMILES string of the molecule is CC12CC(=CC(NS(C)(=O)=O)N1)c1ccccc1O2. The Hall–Kier alpha value is -1.37. The zero-order chi connectivity index (χ0) is 13.7. The second-order valence-electron chi connectivity index (χ2n) is 5.21. The van der Waals surface area contributed by atoms with E-state index in [9.17, 15) is 8.42 Å². The average molecular weight is 280 g/mol. The number of hydrogen-bond acceptors (Lipinski definition) is 4. The first-order valence-corrected chi connectivity index (χ1v) is 7.98. The molecule has 0 aromatic heterocycles. The summed E-state index contributed by atoms with van der Waals surface area (Å²) in [4.78, 5) is 0. The Kier molecular flexibility index (Phi) is 2.70. The van der Waals surface area contributed by atoms with Crippen molar-refractivity contribution in [3.8, 4) is 5.75 Å². The van der Waals surface area contributed by atoms with Crippen LogP contribution >= 0.6 is 0 Å². The molecule has 19 heavy (non-hydrogen) atoms. The summed E-state index contributed by atoms with van der Waals surface area (Å²) in [5, 5.41) is 3.17. The third-order valence-corrected chi connectivity index (χ3v) is 3.95. The number of ether oxygens (including phenoxy) is 1. The highest BCUT2D eigenvalue weighted by molar-refractivity contribution is 7.88. The Balaban J connectivity index is 2.02. The van der Waals surface area contributed by atoms with Gasteiger partial charge in [-0.3, -0.25) is 5.32 Å². The minimum atomic E-state index is -3.27. The number of hydrogen-bond donors (Lipinski definition) is 2. The second-order valence-corrected chi connectivity index (χ2v) is 6.99. The lowest BCUT2D eigenvalue weighted by atomic mass is 9.89. The monoisotopic (exact) mass is 280 g/mol. The molecular weight excluding hydrogens is 264 g/mol. The fourth-order valence-electron chi connectivity index (χ4n) is 2.65. The normalized spacial score (nSPS) is 29.2. The van der Waals surface area contributed by atoms with E-state index in [1.54, 1.807) is 0 Å². The van der Waals surface area contributed by atoms with Crippen LogP contribution in [0, 0.1) is 0 Å². The maximum Gasteiger partial charge on any atom is 0.210 e. The zero-order valence-corrected chi connectivity index (χ0v) is 11.6. The fraction of sp³-hybridized carbons (Fsp3) is 0.385. The van der Waals surface area contributed by atoms with Gasteiger partial charge in [-0.25, -0.2) is 8.42 Å². The van der Waals surface area contributed by atoms with Crippen molar-refractivity contribution in [2.24, 2.45) is 0 Å². The first-order valence-electron chi connectivity index (χ1n) is 6.09. The molecule has 0 amide bonds. The quantitative estimate of drug-likeness (QED) is 0.849. The van der Waals surface area contributed by atoms with Crippen molar-refractivity contribution in [3.05, 3.63) is 35.9 Å². The summed E-state index contributed by atoms with van der Waals surface area (Å²) >= 11 is 0. The molecule has 2 aliphatic heterocycles. The van der Waals surface area contributed by atoms with Crippen LogP contribution < -0.4 is 14.8 Å².